The molecule has 0 amide bonds. The van der Waals surface area contributed by atoms with Gasteiger partial charge in [-0.05, 0) is 73.3 Å². The first kappa shape index (κ1) is 23.0. The zero-order chi connectivity index (χ0) is 23.7. The summed E-state index contributed by atoms with van der Waals surface area (Å²) in [6.45, 7) is 4.66. The van der Waals surface area contributed by atoms with Crippen molar-refractivity contribution in [2.45, 2.75) is 44.1 Å². The second-order valence-corrected chi connectivity index (χ2v) is 9.51. The lowest BCUT2D eigenvalue weighted by Crippen LogP contribution is -2.13. The quantitative estimate of drug-likeness (QED) is 0.308. The van der Waals surface area contributed by atoms with Crippen LogP contribution in [-0.2, 0) is 4.74 Å². The lowest BCUT2D eigenvalue weighted by Gasteiger charge is -2.27. The third kappa shape index (κ3) is 4.85. The first-order valence-electron chi connectivity index (χ1n) is 12.1. The molecule has 2 fully saturated rings. The molecule has 2 nitrogen and oxygen atoms in total. The summed E-state index contributed by atoms with van der Waals surface area (Å²) < 4.78 is 55.3. The van der Waals surface area contributed by atoms with E-state index in [1.807, 2.05) is 12.2 Å². The molecular weight excluding hydrogens is 437 g/mol. The van der Waals surface area contributed by atoms with Crippen molar-refractivity contribution in [3.63, 3.8) is 0 Å². The molecule has 0 bridgehead atoms. The summed E-state index contributed by atoms with van der Waals surface area (Å²) in [5, 5.41) is 0. The molecule has 34 heavy (non-hydrogen) atoms. The summed E-state index contributed by atoms with van der Waals surface area (Å²) in [7, 11) is 0. The molecule has 2 aromatic carbocycles. The largest absolute Gasteiger partial charge is 0.489 e. The van der Waals surface area contributed by atoms with Gasteiger partial charge in [0.05, 0.1) is 12.7 Å². The van der Waals surface area contributed by atoms with E-state index in [4.69, 9.17) is 9.47 Å². The van der Waals surface area contributed by atoms with Crippen LogP contribution in [0.25, 0.3) is 11.1 Å². The Kier molecular flexibility index (Phi) is 6.64. The first-order chi connectivity index (χ1) is 16.5. The molecule has 1 saturated heterocycles. The number of benzene rings is 2. The van der Waals surface area contributed by atoms with Crippen molar-refractivity contribution in [3.8, 4) is 16.9 Å². The summed E-state index contributed by atoms with van der Waals surface area (Å²) in [6.07, 6.45) is 9.94. The van der Waals surface area contributed by atoms with Gasteiger partial charge in [-0.1, -0.05) is 36.4 Å². The summed E-state index contributed by atoms with van der Waals surface area (Å²) in [5.74, 6) is -0.661. The van der Waals surface area contributed by atoms with Crippen LogP contribution in [0.5, 0.6) is 5.75 Å². The number of hydrogen-bond donors (Lipinski definition) is 0. The molecule has 2 unspecified atom stereocenters. The normalized spacial score (nSPS) is 26.4. The summed E-state index contributed by atoms with van der Waals surface area (Å²) in [4.78, 5) is 0. The van der Waals surface area contributed by atoms with Gasteiger partial charge >= 0.3 is 0 Å². The predicted molar refractivity (Wildman–Crippen MR) is 127 cm³/mol. The monoisotopic (exact) mass is 466 g/mol. The van der Waals surface area contributed by atoms with Crippen molar-refractivity contribution in [1.29, 1.82) is 0 Å². The maximum Gasteiger partial charge on any atom is 0.166 e. The summed E-state index contributed by atoms with van der Waals surface area (Å²) >= 11 is 0. The van der Waals surface area contributed by atoms with Gasteiger partial charge in [-0.2, -0.15) is 0 Å². The summed E-state index contributed by atoms with van der Waals surface area (Å²) in [6, 6.07) is 10.2. The van der Waals surface area contributed by atoms with E-state index < -0.39 is 11.6 Å². The van der Waals surface area contributed by atoms with Gasteiger partial charge in [0.2, 0.25) is 0 Å². The highest BCUT2D eigenvalue weighted by atomic mass is 19.2. The fourth-order valence-electron chi connectivity index (χ4n) is 5.09. The average Bonchev–Trinajstić information content (AvgIpc) is 3.71. The Labute approximate surface area is 198 Å². The fourth-order valence-corrected chi connectivity index (χ4v) is 5.09. The van der Waals surface area contributed by atoms with E-state index >= 15 is 0 Å². The molecule has 1 aliphatic heterocycles. The van der Waals surface area contributed by atoms with Crippen LogP contribution in [0.15, 0.2) is 72.6 Å². The van der Waals surface area contributed by atoms with E-state index in [-0.39, 0.29) is 35.9 Å². The number of epoxide rings is 1. The second-order valence-electron chi connectivity index (χ2n) is 9.51. The molecule has 2 aromatic rings. The summed E-state index contributed by atoms with van der Waals surface area (Å²) in [5.41, 5.74) is 1.78. The smallest absolute Gasteiger partial charge is 0.166 e. The van der Waals surface area contributed by atoms with Crippen molar-refractivity contribution in [2.24, 2.45) is 11.8 Å². The van der Waals surface area contributed by atoms with Gasteiger partial charge < -0.3 is 9.47 Å². The average molecular weight is 467 g/mol. The zero-order valence-electron chi connectivity index (χ0n) is 19.1. The maximum atomic E-state index is 15.0. The van der Waals surface area contributed by atoms with E-state index in [9.17, 15) is 13.2 Å². The Bertz CT molecular complexity index is 1110. The van der Waals surface area contributed by atoms with Crippen molar-refractivity contribution >= 4 is 0 Å². The molecule has 3 aliphatic rings. The van der Waals surface area contributed by atoms with E-state index in [2.05, 4.69) is 6.58 Å². The Hall–Kier alpha value is -2.79. The minimum Gasteiger partial charge on any atom is -0.489 e. The number of rotatable bonds is 7. The highest BCUT2D eigenvalue weighted by Crippen LogP contribution is 2.39. The van der Waals surface area contributed by atoms with Crippen LogP contribution in [-0.4, -0.2) is 19.3 Å². The van der Waals surface area contributed by atoms with Gasteiger partial charge in [-0.15, -0.1) is 6.58 Å². The Morgan fingerprint density at radius 2 is 1.71 bits per heavy atom. The van der Waals surface area contributed by atoms with Crippen LogP contribution < -0.4 is 4.74 Å². The molecule has 2 atom stereocenters. The first-order valence-corrected chi connectivity index (χ1v) is 12.1. The lowest BCUT2D eigenvalue weighted by atomic mass is 9.78. The fraction of sp³-hybridized carbons (Fsp3) is 0.379. The van der Waals surface area contributed by atoms with Crippen molar-refractivity contribution in [1.82, 2.24) is 0 Å². The Morgan fingerprint density at radius 3 is 2.35 bits per heavy atom. The van der Waals surface area contributed by atoms with Crippen molar-refractivity contribution in [3.05, 3.63) is 89.8 Å². The van der Waals surface area contributed by atoms with Crippen LogP contribution in [0.4, 0.5) is 13.2 Å². The van der Waals surface area contributed by atoms with Crippen LogP contribution in [0, 0.1) is 23.5 Å². The van der Waals surface area contributed by atoms with Crippen LogP contribution in [0.1, 0.15) is 43.6 Å². The second kappa shape index (κ2) is 9.83. The highest BCUT2D eigenvalue weighted by molar-refractivity contribution is 5.65. The molecule has 1 saturated carbocycles. The maximum absolute atomic E-state index is 15.0. The molecular formula is C29H29F3O2. The van der Waals surface area contributed by atoms with Gasteiger partial charge in [0.15, 0.2) is 11.6 Å². The van der Waals surface area contributed by atoms with Gasteiger partial charge in [-0.3, -0.25) is 0 Å². The minimum atomic E-state index is -0.814. The molecule has 2 aliphatic carbocycles. The third-order valence-corrected chi connectivity index (χ3v) is 7.36. The molecule has 0 N–H and O–H groups in total. The number of halogens is 3. The van der Waals surface area contributed by atoms with E-state index in [0.717, 1.165) is 32.1 Å². The van der Waals surface area contributed by atoms with Gasteiger partial charge in [-0.25, -0.2) is 13.2 Å². The van der Waals surface area contributed by atoms with E-state index in [1.165, 1.54) is 0 Å². The van der Waals surface area contributed by atoms with Crippen LogP contribution in [0.3, 0.4) is 0 Å². The molecule has 5 heteroatoms. The Balaban J connectivity index is 1.23. The number of hydrogen-bond acceptors (Lipinski definition) is 2. The number of allylic oxidation sites excluding steroid dienone is 2. The van der Waals surface area contributed by atoms with Crippen molar-refractivity contribution < 1.29 is 22.6 Å². The molecule has 5 rings (SSSR count). The lowest BCUT2D eigenvalue weighted by molar-refractivity contribution is 0.336. The van der Waals surface area contributed by atoms with Gasteiger partial charge in [0.1, 0.15) is 18.2 Å². The van der Waals surface area contributed by atoms with Gasteiger partial charge in [0, 0.05) is 17.1 Å². The molecule has 0 spiro atoms. The zero-order valence-corrected chi connectivity index (χ0v) is 19.1. The van der Waals surface area contributed by atoms with E-state index in [0.29, 0.717) is 35.0 Å². The predicted octanol–water partition coefficient (Wildman–Crippen LogP) is 7.67. The number of ether oxygens (including phenoxy) is 2. The third-order valence-electron chi connectivity index (χ3n) is 7.36. The molecule has 1 heterocycles. The van der Waals surface area contributed by atoms with Crippen LogP contribution >= 0.6 is 0 Å². The van der Waals surface area contributed by atoms with Gasteiger partial charge in [0.25, 0.3) is 0 Å². The standard InChI is InChI=1S/C29H29F3O2/c1-2-18-3-5-19(6-4-18)24-13-14-25(29(32)28(24)31)20-9-11-23(12-10-20)33-16-22-8-7-21(15-26(22)30)27-17-34-27/h2,8-15,18-19,21,27H,1,3-7,16-17H2. The molecule has 0 radical (unpaired) electrons. The SMILES string of the molecule is C=CC1CCC(c2ccc(-c3ccc(OCC4=CCC(C5CO5)C=C4F)cc3)c(F)c2F)CC1. The van der Waals surface area contributed by atoms with Crippen molar-refractivity contribution in [2.75, 3.05) is 13.2 Å². The van der Waals surface area contributed by atoms with E-state index in [1.54, 1.807) is 42.5 Å². The topological polar surface area (TPSA) is 21.8 Å². The molecule has 178 valence electrons. The highest BCUT2D eigenvalue weighted by Gasteiger charge is 2.33. The van der Waals surface area contributed by atoms with Crippen LogP contribution in [0.2, 0.25) is 0 Å². The molecule has 0 aromatic heterocycles. The minimum absolute atomic E-state index is 0.0474. The Morgan fingerprint density at radius 1 is 0.971 bits per heavy atom.